The summed E-state index contributed by atoms with van der Waals surface area (Å²) in [6, 6.07) is 11.3. The standard InChI is InChI=1S/C18H8N4/c1-19-15-9-13-11-5-3-7-21-17(11)18-12(6-4-8-22-18)14(13)10-16(15)20-2/h3-10H. The highest BCUT2D eigenvalue weighted by Crippen LogP contribution is 2.39. The zero-order valence-electron chi connectivity index (χ0n) is 11.4. The Labute approximate surface area is 126 Å². The average Bonchev–Trinajstić information content (AvgIpc) is 2.60. The zero-order chi connectivity index (χ0) is 15.1. The van der Waals surface area contributed by atoms with Crippen LogP contribution >= 0.6 is 0 Å². The third kappa shape index (κ3) is 1.55. The molecule has 4 heteroatoms. The van der Waals surface area contributed by atoms with Gasteiger partial charge in [0.05, 0.1) is 24.2 Å². The molecule has 0 saturated heterocycles. The van der Waals surface area contributed by atoms with Gasteiger partial charge in [0.2, 0.25) is 0 Å². The van der Waals surface area contributed by atoms with Crippen LogP contribution in [0, 0.1) is 13.1 Å². The second-order valence-corrected chi connectivity index (χ2v) is 4.91. The van der Waals surface area contributed by atoms with Crippen molar-refractivity contribution in [2.45, 2.75) is 0 Å². The van der Waals surface area contributed by atoms with Crippen LogP contribution in [0.2, 0.25) is 0 Å². The number of rotatable bonds is 0. The monoisotopic (exact) mass is 280 g/mol. The first-order valence-corrected chi connectivity index (χ1v) is 6.67. The van der Waals surface area contributed by atoms with Gasteiger partial charge in [-0.1, -0.05) is 24.3 Å². The molecule has 0 atom stereocenters. The van der Waals surface area contributed by atoms with Crippen LogP contribution < -0.4 is 0 Å². The summed E-state index contributed by atoms with van der Waals surface area (Å²) in [4.78, 5) is 15.9. The van der Waals surface area contributed by atoms with E-state index >= 15 is 0 Å². The van der Waals surface area contributed by atoms with Crippen LogP contribution in [-0.4, -0.2) is 9.97 Å². The molecule has 0 radical (unpaired) electrons. The first kappa shape index (κ1) is 12.3. The highest BCUT2D eigenvalue weighted by Gasteiger charge is 2.13. The Balaban J connectivity index is 2.39. The fourth-order valence-corrected chi connectivity index (χ4v) is 2.82. The molecule has 4 rings (SSSR count). The summed E-state index contributed by atoms with van der Waals surface area (Å²) < 4.78 is 0. The van der Waals surface area contributed by atoms with Crippen LogP contribution in [0.15, 0.2) is 48.8 Å². The van der Waals surface area contributed by atoms with Gasteiger partial charge in [0.25, 0.3) is 0 Å². The molecule has 100 valence electrons. The van der Waals surface area contributed by atoms with E-state index in [-0.39, 0.29) is 0 Å². The Kier molecular flexibility index (Phi) is 2.51. The maximum Gasteiger partial charge on any atom is 0.195 e. The van der Waals surface area contributed by atoms with Gasteiger partial charge in [-0.2, -0.15) is 0 Å². The molecule has 2 heterocycles. The molecule has 2 aromatic heterocycles. The first-order chi connectivity index (χ1) is 10.8. The van der Waals surface area contributed by atoms with E-state index in [1.54, 1.807) is 24.5 Å². The van der Waals surface area contributed by atoms with Crippen molar-refractivity contribution in [2.24, 2.45) is 0 Å². The van der Waals surface area contributed by atoms with E-state index in [2.05, 4.69) is 19.7 Å². The van der Waals surface area contributed by atoms with Gasteiger partial charge in [-0.25, -0.2) is 0 Å². The van der Waals surface area contributed by atoms with Crippen molar-refractivity contribution in [1.82, 2.24) is 9.97 Å². The lowest BCUT2D eigenvalue weighted by molar-refractivity contribution is 1.38. The predicted molar refractivity (Wildman–Crippen MR) is 87.1 cm³/mol. The van der Waals surface area contributed by atoms with Crippen molar-refractivity contribution < 1.29 is 0 Å². The SMILES string of the molecule is [C-]#[N+]c1cc2c(cc1[N+]#[C-])c1cccnc1c1ncccc21. The smallest absolute Gasteiger partial charge is 0.195 e. The van der Waals surface area contributed by atoms with Gasteiger partial charge in [-0.3, -0.25) is 19.7 Å². The Morgan fingerprint density at radius 1 is 0.682 bits per heavy atom. The van der Waals surface area contributed by atoms with Crippen LogP contribution in [0.25, 0.3) is 42.3 Å². The number of benzene rings is 2. The molecule has 2 aromatic carbocycles. The van der Waals surface area contributed by atoms with Crippen LogP contribution in [-0.2, 0) is 0 Å². The van der Waals surface area contributed by atoms with Crippen molar-refractivity contribution in [1.29, 1.82) is 0 Å². The Bertz CT molecular complexity index is 1050. The molecule has 0 amide bonds. The molecule has 0 spiro atoms. The first-order valence-electron chi connectivity index (χ1n) is 6.67. The second kappa shape index (κ2) is 4.51. The maximum absolute atomic E-state index is 7.29. The van der Waals surface area contributed by atoms with Gasteiger partial charge in [-0.05, 0) is 22.9 Å². The van der Waals surface area contributed by atoms with E-state index in [4.69, 9.17) is 13.1 Å². The molecule has 0 fully saturated rings. The lowest BCUT2D eigenvalue weighted by Gasteiger charge is -2.09. The summed E-state index contributed by atoms with van der Waals surface area (Å²) in [5.41, 5.74) is 2.38. The summed E-state index contributed by atoms with van der Waals surface area (Å²) in [5, 5.41) is 3.76. The molecule has 22 heavy (non-hydrogen) atoms. The van der Waals surface area contributed by atoms with Gasteiger partial charge in [0, 0.05) is 23.2 Å². The molecule has 0 aliphatic rings. The quantitative estimate of drug-likeness (QED) is 0.334. The lowest BCUT2D eigenvalue weighted by Crippen LogP contribution is -1.87. The summed E-state index contributed by atoms with van der Waals surface area (Å²) in [6.07, 6.45) is 3.48. The molecule has 0 saturated carbocycles. The molecule has 0 aliphatic heterocycles. The highest BCUT2D eigenvalue weighted by molar-refractivity contribution is 6.24. The minimum absolute atomic E-state index is 0.371. The van der Waals surface area contributed by atoms with Crippen molar-refractivity contribution in [3.8, 4) is 0 Å². The molecule has 4 nitrogen and oxygen atoms in total. The second-order valence-electron chi connectivity index (χ2n) is 4.91. The number of aromatic nitrogens is 2. The molecule has 0 N–H and O–H groups in total. The lowest BCUT2D eigenvalue weighted by atomic mass is 9.98. The fourth-order valence-electron chi connectivity index (χ4n) is 2.82. The Hall–Kier alpha value is -3.50. The van der Waals surface area contributed by atoms with E-state index in [0.717, 1.165) is 32.6 Å². The molecular formula is C18H8N4. The van der Waals surface area contributed by atoms with Gasteiger partial charge in [0.1, 0.15) is 0 Å². The topological polar surface area (TPSA) is 34.5 Å². The van der Waals surface area contributed by atoms with E-state index in [0.29, 0.717) is 11.4 Å². The van der Waals surface area contributed by atoms with Gasteiger partial charge in [0.15, 0.2) is 11.4 Å². The number of fused-ring (bicyclic) bond motifs is 6. The van der Waals surface area contributed by atoms with E-state index in [9.17, 15) is 0 Å². The number of nitrogens with zero attached hydrogens (tertiary/aromatic N) is 4. The number of pyridine rings is 2. The third-order valence-corrected chi connectivity index (χ3v) is 3.78. The zero-order valence-corrected chi connectivity index (χ0v) is 11.4. The minimum atomic E-state index is 0.371. The van der Waals surface area contributed by atoms with Crippen LogP contribution in [0.4, 0.5) is 11.4 Å². The molecule has 0 aliphatic carbocycles. The average molecular weight is 280 g/mol. The fraction of sp³-hybridized carbons (Fsp3) is 0. The maximum atomic E-state index is 7.29. The van der Waals surface area contributed by atoms with E-state index in [1.165, 1.54) is 0 Å². The van der Waals surface area contributed by atoms with Crippen molar-refractivity contribution in [3.63, 3.8) is 0 Å². The molecule has 4 aromatic rings. The van der Waals surface area contributed by atoms with Gasteiger partial charge in [-0.15, -0.1) is 0 Å². The minimum Gasteiger partial charge on any atom is -0.254 e. The summed E-state index contributed by atoms with van der Waals surface area (Å²) in [7, 11) is 0. The third-order valence-electron chi connectivity index (χ3n) is 3.78. The van der Waals surface area contributed by atoms with Gasteiger partial charge >= 0.3 is 0 Å². The Morgan fingerprint density at radius 2 is 1.14 bits per heavy atom. The molecular weight excluding hydrogens is 272 g/mol. The number of hydrogen-bond donors (Lipinski definition) is 0. The largest absolute Gasteiger partial charge is 0.254 e. The predicted octanol–water partition coefficient (Wildman–Crippen LogP) is 5.04. The number of hydrogen-bond acceptors (Lipinski definition) is 2. The van der Waals surface area contributed by atoms with E-state index < -0.39 is 0 Å². The van der Waals surface area contributed by atoms with Crippen LogP contribution in [0.5, 0.6) is 0 Å². The van der Waals surface area contributed by atoms with Gasteiger partial charge < -0.3 is 0 Å². The van der Waals surface area contributed by atoms with Crippen molar-refractivity contribution in [2.75, 3.05) is 0 Å². The van der Waals surface area contributed by atoms with E-state index in [1.807, 2.05) is 24.3 Å². The van der Waals surface area contributed by atoms with Crippen molar-refractivity contribution in [3.05, 3.63) is 71.6 Å². The highest BCUT2D eigenvalue weighted by atomic mass is 14.8. The van der Waals surface area contributed by atoms with Crippen molar-refractivity contribution >= 4 is 44.0 Å². The van der Waals surface area contributed by atoms with Crippen LogP contribution in [0.3, 0.4) is 0 Å². The summed E-state index contributed by atoms with van der Waals surface area (Å²) in [6.45, 7) is 14.6. The summed E-state index contributed by atoms with van der Waals surface area (Å²) >= 11 is 0. The summed E-state index contributed by atoms with van der Waals surface area (Å²) in [5.74, 6) is 0. The normalized spacial score (nSPS) is 10.6. The molecule has 0 unspecified atom stereocenters. The molecule has 0 bridgehead atoms. The van der Waals surface area contributed by atoms with Crippen LogP contribution in [0.1, 0.15) is 0 Å². The Morgan fingerprint density at radius 3 is 1.55 bits per heavy atom.